The molecule has 0 spiro atoms. The zero-order chi connectivity index (χ0) is 14.7. The number of nitrogens with one attached hydrogen (secondary N) is 1. The lowest BCUT2D eigenvalue weighted by molar-refractivity contribution is 0.148. The molecule has 1 heterocycles. The van der Waals surface area contributed by atoms with Crippen molar-refractivity contribution in [2.24, 2.45) is 0 Å². The maximum atomic E-state index is 13.7. The van der Waals surface area contributed by atoms with E-state index >= 15 is 0 Å². The Bertz CT molecular complexity index is 621. The molecular formula is C17H23Cl2FN2O. The van der Waals surface area contributed by atoms with Gasteiger partial charge in [0.15, 0.2) is 0 Å². The summed E-state index contributed by atoms with van der Waals surface area (Å²) in [5, 5.41) is 5.45. The van der Waals surface area contributed by atoms with Crippen LogP contribution in [0.15, 0.2) is 36.4 Å². The number of halogens is 3. The molecule has 128 valence electrons. The summed E-state index contributed by atoms with van der Waals surface area (Å²) in [7, 11) is 1.67. The van der Waals surface area contributed by atoms with Crippen LogP contribution in [0.2, 0.25) is 0 Å². The predicted molar refractivity (Wildman–Crippen MR) is 98.2 cm³/mol. The van der Waals surface area contributed by atoms with Gasteiger partial charge in [-0.2, -0.15) is 0 Å². The highest BCUT2D eigenvalue weighted by atomic mass is 35.5. The Morgan fingerprint density at radius 2 is 1.74 bits per heavy atom. The second-order valence-corrected chi connectivity index (χ2v) is 5.36. The first kappa shape index (κ1) is 20.0. The SMILES string of the molecule is COc1ccc([C@@H](CF)N2CCNCC2)c2ccccc12.Cl.Cl. The lowest BCUT2D eigenvalue weighted by atomic mass is 9.97. The molecule has 2 aromatic carbocycles. The summed E-state index contributed by atoms with van der Waals surface area (Å²) < 4.78 is 19.2. The van der Waals surface area contributed by atoms with E-state index in [-0.39, 0.29) is 37.5 Å². The minimum Gasteiger partial charge on any atom is -0.496 e. The fourth-order valence-corrected chi connectivity index (χ4v) is 3.13. The fraction of sp³-hybridized carbons (Fsp3) is 0.412. The number of hydrogen-bond donors (Lipinski definition) is 1. The molecule has 3 rings (SSSR count). The van der Waals surface area contributed by atoms with Crippen LogP contribution < -0.4 is 10.1 Å². The maximum absolute atomic E-state index is 13.7. The molecular weight excluding hydrogens is 338 g/mol. The quantitative estimate of drug-likeness (QED) is 0.901. The smallest absolute Gasteiger partial charge is 0.126 e. The molecule has 0 aromatic heterocycles. The molecule has 0 saturated carbocycles. The van der Waals surface area contributed by atoms with E-state index in [0.717, 1.165) is 48.3 Å². The molecule has 0 radical (unpaired) electrons. The number of rotatable bonds is 4. The summed E-state index contributed by atoms with van der Waals surface area (Å²) in [6.07, 6.45) is 0. The van der Waals surface area contributed by atoms with E-state index < -0.39 is 0 Å². The van der Waals surface area contributed by atoms with Crippen LogP contribution in [0.5, 0.6) is 5.75 Å². The third-order valence-corrected chi connectivity index (χ3v) is 4.24. The Morgan fingerprint density at radius 1 is 1.09 bits per heavy atom. The third kappa shape index (κ3) is 4.07. The van der Waals surface area contributed by atoms with E-state index in [9.17, 15) is 4.39 Å². The van der Waals surface area contributed by atoms with E-state index in [1.165, 1.54) is 0 Å². The van der Waals surface area contributed by atoms with Gasteiger partial charge in [0.2, 0.25) is 0 Å². The van der Waals surface area contributed by atoms with E-state index in [1.807, 2.05) is 30.3 Å². The minimum absolute atomic E-state index is 0. The van der Waals surface area contributed by atoms with Gasteiger partial charge in [-0.3, -0.25) is 4.90 Å². The predicted octanol–water partition coefficient (Wildman–Crippen LogP) is 3.61. The van der Waals surface area contributed by atoms with Crippen LogP contribution in [0.1, 0.15) is 11.6 Å². The Hall–Kier alpha value is -1.07. The summed E-state index contributed by atoms with van der Waals surface area (Å²) in [6.45, 7) is 3.25. The van der Waals surface area contributed by atoms with Gasteiger partial charge < -0.3 is 10.1 Å². The van der Waals surface area contributed by atoms with Crippen molar-refractivity contribution in [3.63, 3.8) is 0 Å². The monoisotopic (exact) mass is 360 g/mol. The van der Waals surface area contributed by atoms with E-state index in [1.54, 1.807) is 7.11 Å². The number of ether oxygens (including phenoxy) is 1. The van der Waals surface area contributed by atoms with Crippen molar-refractivity contribution in [3.8, 4) is 5.75 Å². The van der Waals surface area contributed by atoms with Gasteiger partial charge in [0.1, 0.15) is 12.4 Å². The van der Waals surface area contributed by atoms with Gasteiger partial charge in [-0.05, 0) is 17.0 Å². The van der Waals surface area contributed by atoms with Crippen molar-refractivity contribution < 1.29 is 9.13 Å². The van der Waals surface area contributed by atoms with Crippen LogP contribution in [0.3, 0.4) is 0 Å². The largest absolute Gasteiger partial charge is 0.496 e. The molecule has 1 saturated heterocycles. The number of fused-ring (bicyclic) bond motifs is 1. The van der Waals surface area contributed by atoms with Crippen molar-refractivity contribution in [1.82, 2.24) is 10.2 Å². The van der Waals surface area contributed by atoms with Crippen molar-refractivity contribution in [2.45, 2.75) is 6.04 Å². The standard InChI is InChI=1S/C17H21FN2O.2ClH/c1-21-17-7-6-14(13-4-2-3-5-15(13)17)16(12-18)20-10-8-19-9-11-20;;/h2-7,16,19H,8-12H2,1H3;2*1H/t16-;;/m1../s1. The van der Waals surface area contributed by atoms with Gasteiger partial charge in [-0.25, -0.2) is 4.39 Å². The number of hydrogen-bond acceptors (Lipinski definition) is 3. The van der Waals surface area contributed by atoms with E-state index in [0.29, 0.717) is 0 Å². The summed E-state index contributed by atoms with van der Waals surface area (Å²) >= 11 is 0. The lowest BCUT2D eigenvalue weighted by Gasteiger charge is -2.34. The zero-order valence-corrected chi connectivity index (χ0v) is 14.8. The Morgan fingerprint density at radius 3 is 2.35 bits per heavy atom. The number of nitrogens with zero attached hydrogens (tertiary/aromatic N) is 1. The first-order chi connectivity index (χ1) is 10.3. The van der Waals surface area contributed by atoms with E-state index in [2.05, 4.69) is 16.3 Å². The van der Waals surface area contributed by atoms with E-state index in [4.69, 9.17) is 4.74 Å². The Balaban J connectivity index is 0.00000132. The average Bonchev–Trinajstić information content (AvgIpc) is 2.56. The van der Waals surface area contributed by atoms with Gasteiger partial charge in [-0.15, -0.1) is 24.8 Å². The van der Waals surface area contributed by atoms with Gasteiger partial charge in [0, 0.05) is 31.6 Å². The summed E-state index contributed by atoms with van der Waals surface area (Å²) in [4.78, 5) is 2.23. The van der Waals surface area contributed by atoms with Gasteiger partial charge in [0.05, 0.1) is 13.2 Å². The highest BCUT2D eigenvalue weighted by molar-refractivity contribution is 5.91. The molecule has 6 heteroatoms. The highest BCUT2D eigenvalue weighted by Gasteiger charge is 2.24. The van der Waals surface area contributed by atoms with Crippen molar-refractivity contribution in [2.75, 3.05) is 40.0 Å². The third-order valence-electron chi connectivity index (χ3n) is 4.24. The molecule has 1 atom stereocenters. The molecule has 1 fully saturated rings. The first-order valence-corrected chi connectivity index (χ1v) is 7.41. The minimum atomic E-state index is -0.365. The summed E-state index contributed by atoms with van der Waals surface area (Å²) in [5.41, 5.74) is 1.05. The van der Waals surface area contributed by atoms with Gasteiger partial charge >= 0.3 is 0 Å². The van der Waals surface area contributed by atoms with Crippen molar-refractivity contribution in [3.05, 3.63) is 42.0 Å². The average molecular weight is 361 g/mol. The van der Waals surface area contributed by atoms with Gasteiger partial charge in [0.25, 0.3) is 0 Å². The van der Waals surface area contributed by atoms with Crippen LogP contribution >= 0.6 is 24.8 Å². The maximum Gasteiger partial charge on any atom is 0.126 e. The molecule has 1 N–H and O–H groups in total. The van der Waals surface area contributed by atoms with Crippen LogP contribution in [-0.2, 0) is 0 Å². The van der Waals surface area contributed by atoms with Crippen LogP contribution in [0, 0.1) is 0 Å². The molecule has 0 bridgehead atoms. The molecule has 0 unspecified atom stereocenters. The van der Waals surface area contributed by atoms with Crippen LogP contribution in [0.4, 0.5) is 4.39 Å². The first-order valence-electron chi connectivity index (χ1n) is 7.41. The van der Waals surface area contributed by atoms with Crippen molar-refractivity contribution >= 4 is 35.6 Å². The Labute approximate surface area is 149 Å². The topological polar surface area (TPSA) is 24.5 Å². The van der Waals surface area contributed by atoms with Crippen molar-refractivity contribution in [1.29, 1.82) is 0 Å². The zero-order valence-electron chi connectivity index (χ0n) is 13.1. The molecule has 1 aliphatic heterocycles. The highest BCUT2D eigenvalue weighted by Crippen LogP contribution is 2.34. The summed E-state index contributed by atoms with van der Waals surface area (Å²) in [5.74, 6) is 0.840. The molecule has 23 heavy (non-hydrogen) atoms. The molecule has 3 nitrogen and oxygen atoms in total. The number of alkyl halides is 1. The summed E-state index contributed by atoms with van der Waals surface area (Å²) in [6, 6.07) is 11.9. The van der Waals surface area contributed by atoms with Crippen LogP contribution in [-0.4, -0.2) is 44.9 Å². The van der Waals surface area contributed by atoms with Crippen LogP contribution in [0.25, 0.3) is 10.8 Å². The lowest BCUT2D eigenvalue weighted by Crippen LogP contribution is -2.45. The molecule has 2 aromatic rings. The number of piperazine rings is 1. The second-order valence-electron chi connectivity index (χ2n) is 5.36. The number of benzene rings is 2. The Kier molecular flexibility index (Phi) is 8.06. The molecule has 0 amide bonds. The second kappa shape index (κ2) is 9.28. The van der Waals surface area contributed by atoms with Gasteiger partial charge in [-0.1, -0.05) is 30.3 Å². The molecule has 1 aliphatic rings. The molecule has 0 aliphatic carbocycles. The fourth-order valence-electron chi connectivity index (χ4n) is 3.13. The normalized spacial score (nSPS) is 16.3. The number of methoxy groups -OCH3 is 1.